The molecule has 0 amide bonds. The lowest BCUT2D eigenvalue weighted by atomic mass is 10.2. The maximum absolute atomic E-state index is 11.2. The first-order valence-corrected chi connectivity index (χ1v) is 9.41. The summed E-state index contributed by atoms with van der Waals surface area (Å²) >= 11 is 2.94. The summed E-state index contributed by atoms with van der Waals surface area (Å²) in [5.74, 6) is 1.91. The van der Waals surface area contributed by atoms with Gasteiger partial charge in [-0.25, -0.2) is 9.56 Å². The molecule has 1 aromatic heterocycles. The zero-order valence-electron chi connectivity index (χ0n) is 14.7. The predicted molar refractivity (Wildman–Crippen MR) is 102 cm³/mol. The fourth-order valence-electron chi connectivity index (χ4n) is 1.92. The smallest absolute Gasteiger partial charge is 0.169 e. The van der Waals surface area contributed by atoms with Crippen molar-refractivity contribution in [3.8, 4) is 0 Å². The number of carbonyl (C=O) groups is 2. The highest BCUT2D eigenvalue weighted by Crippen LogP contribution is 1.96. The molecule has 0 spiro atoms. The molecule has 1 rings (SSSR count). The second kappa shape index (κ2) is 13.5. The number of aromatic nitrogens is 1. The number of carbonyl (C=O) groups excluding carboxylic acids is 2. The number of ketones is 2. The molecule has 24 heavy (non-hydrogen) atoms. The van der Waals surface area contributed by atoms with Gasteiger partial charge in [-0.1, -0.05) is 28.6 Å². The van der Waals surface area contributed by atoms with Gasteiger partial charge in [0.2, 0.25) is 0 Å². The van der Waals surface area contributed by atoms with Crippen LogP contribution in [-0.4, -0.2) is 30.2 Å². The Hall–Kier alpha value is -1.88. The molecule has 5 heteroatoms. The molecule has 0 aromatic carbocycles. The van der Waals surface area contributed by atoms with Crippen molar-refractivity contribution in [2.24, 2.45) is 0 Å². The average molecular weight is 395 g/mol. The molecule has 0 aliphatic heterocycles. The molecule has 1 heterocycles. The Labute approximate surface area is 153 Å². The zero-order valence-corrected chi connectivity index (χ0v) is 16.3. The first-order chi connectivity index (χ1) is 11.5. The first-order valence-electron chi connectivity index (χ1n) is 7.82. The normalized spacial score (nSPS) is 10.9. The molecule has 4 nitrogen and oxygen atoms in total. The number of halogens is 1. The van der Waals surface area contributed by atoms with Crippen LogP contribution in [0.4, 0.5) is 0 Å². The largest absolute Gasteiger partial charge is 0.295 e. The van der Waals surface area contributed by atoms with Crippen LogP contribution in [0.25, 0.3) is 0 Å². The highest BCUT2D eigenvalue weighted by Gasteiger charge is 2.04. The number of hydrogen-bond acceptors (Lipinski definition) is 2. The van der Waals surface area contributed by atoms with Gasteiger partial charge in [0.05, 0.1) is 0 Å². The van der Waals surface area contributed by atoms with Crippen molar-refractivity contribution in [2.75, 3.05) is 12.4 Å². The number of nitrogens with zero attached hydrogens (tertiary/aromatic N) is 1. The Bertz CT molecular complexity index is 590. The molecule has 0 unspecified atom stereocenters. The van der Waals surface area contributed by atoms with E-state index in [9.17, 15) is 9.59 Å². The lowest BCUT2D eigenvalue weighted by molar-refractivity contribution is -0.697. The molecule has 0 aliphatic carbocycles. The highest BCUT2D eigenvalue weighted by molar-refractivity contribution is 9.08. The van der Waals surface area contributed by atoms with E-state index in [1.807, 2.05) is 30.4 Å². The molecular formula is C19H27BrN2O2+2. The van der Waals surface area contributed by atoms with Gasteiger partial charge in [-0.15, -0.1) is 0 Å². The summed E-state index contributed by atoms with van der Waals surface area (Å²) in [7, 11) is 0. The SMILES string of the molecule is C=C/C(=C\C=[NH+]CCCC[n+]1ccc(C(C)=O)cc1)C(C)=O.CBr. The summed E-state index contributed by atoms with van der Waals surface area (Å²) in [4.78, 5) is 25.5. The maximum Gasteiger partial charge on any atom is 0.169 e. The van der Waals surface area contributed by atoms with Gasteiger partial charge in [0.15, 0.2) is 30.2 Å². The van der Waals surface area contributed by atoms with Crippen molar-refractivity contribution in [1.29, 1.82) is 0 Å². The van der Waals surface area contributed by atoms with Crippen LogP contribution in [0.3, 0.4) is 0 Å². The zero-order chi connectivity index (χ0) is 18.4. The number of unbranched alkanes of at least 4 members (excludes halogenated alkanes) is 1. The van der Waals surface area contributed by atoms with Crippen LogP contribution in [-0.2, 0) is 11.3 Å². The number of pyridine rings is 1. The van der Waals surface area contributed by atoms with Crippen LogP contribution in [0.2, 0.25) is 0 Å². The van der Waals surface area contributed by atoms with Crippen molar-refractivity contribution >= 4 is 33.7 Å². The number of alkyl halides is 1. The summed E-state index contributed by atoms with van der Waals surface area (Å²) in [5, 5.41) is 0. The first kappa shape index (κ1) is 22.1. The highest BCUT2D eigenvalue weighted by atomic mass is 79.9. The van der Waals surface area contributed by atoms with Crippen LogP contribution in [0.15, 0.2) is 48.8 Å². The van der Waals surface area contributed by atoms with Gasteiger partial charge in [0.1, 0.15) is 13.1 Å². The lowest BCUT2D eigenvalue weighted by Gasteiger charge is -1.96. The molecule has 1 N–H and O–H groups in total. The number of Topliss-reactive ketones (excluding diaryl/α,β-unsaturated/α-hetero) is 2. The van der Waals surface area contributed by atoms with Gasteiger partial charge in [0, 0.05) is 42.2 Å². The molecule has 130 valence electrons. The fraction of sp³-hybridized carbons (Fsp3) is 0.368. The topological polar surface area (TPSA) is 52.0 Å². The van der Waals surface area contributed by atoms with Gasteiger partial charge in [-0.05, 0) is 19.7 Å². The van der Waals surface area contributed by atoms with Crippen LogP contribution in [0, 0.1) is 0 Å². The second-order valence-corrected chi connectivity index (χ2v) is 5.09. The molecule has 0 saturated heterocycles. The molecule has 0 fully saturated rings. The average Bonchev–Trinajstić information content (AvgIpc) is 2.59. The summed E-state index contributed by atoms with van der Waals surface area (Å²) in [5.41, 5.74) is 1.34. The van der Waals surface area contributed by atoms with E-state index < -0.39 is 0 Å². The Kier molecular flexibility index (Phi) is 12.5. The van der Waals surface area contributed by atoms with E-state index in [0.29, 0.717) is 5.57 Å². The standard InChI is InChI=1S/C18H23N2O2.CH3Br/c1-4-17(15(2)21)7-11-19-10-5-6-12-20-13-8-18(9-14-20)16(3)22;1-2/h4,7-9,11,13-14H,1,5-6,10,12H2,2-3H3;1H3/q+1;/p+1/b17-7+,19-11?;. The minimum Gasteiger partial charge on any atom is -0.295 e. The van der Waals surface area contributed by atoms with Crippen LogP contribution >= 0.6 is 15.9 Å². The Morgan fingerprint density at radius 1 is 1.21 bits per heavy atom. The molecule has 0 radical (unpaired) electrons. The van der Waals surface area contributed by atoms with E-state index >= 15 is 0 Å². The number of rotatable bonds is 9. The minimum atomic E-state index is 0.0125. The number of hydrogen-bond donors (Lipinski definition) is 1. The number of aryl methyl sites for hydroxylation is 1. The molecule has 0 bridgehead atoms. The number of allylic oxidation sites excluding steroid dienone is 3. The predicted octanol–water partition coefficient (Wildman–Crippen LogP) is 1.82. The lowest BCUT2D eigenvalue weighted by Crippen LogP contribution is -2.68. The third kappa shape index (κ3) is 9.30. The van der Waals surface area contributed by atoms with Crippen molar-refractivity contribution in [3.63, 3.8) is 0 Å². The van der Waals surface area contributed by atoms with Crippen molar-refractivity contribution in [3.05, 3.63) is 54.4 Å². The van der Waals surface area contributed by atoms with Gasteiger partial charge in [-0.2, -0.15) is 0 Å². The summed E-state index contributed by atoms with van der Waals surface area (Å²) in [6.45, 7) is 8.46. The summed E-state index contributed by atoms with van der Waals surface area (Å²) < 4.78 is 2.07. The Morgan fingerprint density at radius 3 is 2.33 bits per heavy atom. The van der Waals surface area contributed by atoms with E-state index in [1.165, 1.54) is 6.92 Å². The van der Waals surface area contributed by atoms with E-state index in [4.69, 9.17) is 0 Å². The summed E-state index contributed by atoms with van der Waals surface area (Å²) in [6, 6.07) is 3.69. The quantitative estimate of drug-likeness (QED) is 0.132. The van der Waals surface area contributed by atoms with Crippen LogP contribution in [0.1, 0.15) is 37.0 Å². The third-order valence-electron chi connectivity index (χ3n) is 3.29. The van der Waals surface area contributed by atoms with Gasteiger partial charge < -0.3 is 0 Å². The van der Waals surface area contributed by atoms with E-state index in [-0.39, 0.29) is 11.6 Å². The van der Waals surface area contributed by atoms with Crippen molar-refractivity contribution in [1.82, 2.24) is 0 Å². The van der Waals surface area contributed by atoms with E-state index in [0.717, 1.165) is 31.5 Å². The van der Waals surface area contributed by atoms with Crippen molar-refractivity contribution in [2.45, 2.75) is 33.2 Å². The monoisotopic (exact) mass is 394 g/mol. The van der Waals surface area contributed by atoms with Gasteiger partial charge in [-0.3, -0.25) is 9.59 Å². The molecular weight excluding hydrogens is 368 g/mol. The third-order valence-corrected chi connectivity index (χ3v) is 3.29. The molecule has 1 aromatic rings. The Morgan fingerprint density at radius 2 is 1.83 bits per heavy atom. The van der Waals surface area contributed by atoms with E-state index in [2.05, 4.69) is 32.1 Å². The minimum absolute atomic E-state index is 0.0125. The fourth-order valence-corrected chi connectivity index (χ4v) is 1.92. The van der Waals surface area contributed by atoms with Crippen LogP contribution in [0.5, 0.6) is 0 Å². The van der Waals surface area contributed by atoms with Gasteiger partial charge in [0.25, 0.3) is 0 Å². The van der Waals surface area contributed by atoms with Gasteiger partial charge >= 0.3 is 0 Å². The molecule has 0 aliphatic rings. The van der Waals surface area contributed by atoms with E-state index in [1.54, 1.807) is 25.3 Å². The second-order valence-electron chi connectivity index (χ2n) is 5.09. The summed E-state index contributed by atoms with van der Waals surface area (Å²) in [6.07, 6.45) is 11.0. The Balaban J connectivity index is 0.00000254. The van der Waals surface area contributed by atoms with Crippen molar-refractivity contribution < 1.29 is 19.1 Å². The maximum atomic E-state index is 11.2. The molecule has 0 atom stereocenters. The van der Waals surface area contributed by atoms with Crippen LogP contribution < -0.4 is 9.56 Å². The number of nitrogens with one attached hydrogen (secondary N) is 1. The molecule has 0 saturated carbocycles.